The lowest BCUT2D eigenvalue weighted by Gasteiger charge is -2.12. The van der Waals surface area contributed by atoms with Crippen molar-refractivity contribution >= 4 is 21.8 Å². The van der Waals surface area contributed by atoms with Crippen LogP contribution in [0.25, 0.3) is 0 Å². The van der Waals surface area contributed by atoms with Gasteiger partial charge in [-0.1, -0.05) is 21.1 Å². The van der Waals surface area contributed by atoms with E-state index in [1.54, 1.807) is 18.2 Å². The highest BCUT2D eigenvalue weighted by Crippen LogP contribution is 2.23. The molecule has 1 rings (SSSR count). The molecular formula is C11H12BrF3N2O3. The lowest BCUT2D eigenvalue weighted by molar-refractivity contribution is -0.175. The Balaban J connectivity index is 2.56. The van der Waals surface area contributed by atoms with E-state index in [1.165, 1.54) is 0 Å². The van der Waals surface area contributed by atoms with Gasteiger partial charge in [0.2, 0.25) is 0 Å². The molecule has 5 nitrogen and oxygen atoms in total. The number of benzene rings is 1. The van der Waals surface area contributed by atoms with E-state index < -0.39 is 12.8 Å². The molecule has 0 radical (unpaired) electrons. The minimum atomic E-state index is -4.36. The Hall–Kier alpha value is -1.48. The van der Waals surface area contributed by atoms with Crippen LogP contribution < -0.4 is 10.5 Å². The lowest BCUT2D eigenvalue weighted by Crippen LogP contribution is -2.20. The van der Waals surface area contributed by atoms with E-state index in [2.05, 4.69) is 25.8 Å². The Morgan fingerprint density at radius 2 is 2.05 bits per heavy atom. The van der Waals surface area contributed by atoms with Gasteiger partial charge < -0.3 is 20.4 Å². The van der Waals surface area contributed by atoms with E-state index in [-0.39, 0.29) is 24.8 Å². The third-order valence-electron chi connectivity index (χ3n) is 2.08. The second-order valence-electron chi connectivity index (χ2n) is 3.64. The van der Waals surface area contributed by atoms with Gasteiger partial charge in [0.15, 0.2) is 5.84 Å². The fourth-order valence-corrected chi connectivity index (χ4v) is 1.64. The van der Waals surface area contributed by atoms with Crippen molar-refractivity contribution in [2.24, 2.45) is 10.9 Å². The van der Waals surface area contributed by atoms with Crippen LogP contribution in [0.3, 0.4) is 0 Å². The first-order valence-electron chi connectivity index (χ1n) is 5.38. The smallest absolute Gasteiger partial charge is 0.411 e. The summed E-state index contributed by atoms with van der Waals surface area (Å²) in [5.41, 5.74) is 5.79. The summed E-state index contributed by atoms with van der Waals surface area (Å²) in [7, 11) is 0. The number of amidine groups is 1. The third-order valence-corrected chi connectivity index (χ3v) is 2.57. The second kappa shape index (κ2) is 7.34. The maximum Gasteiger partial charge on any atom is 0.411 e. The van der Waals surface area contributed by atoms with Gasteiger partial charge in [-0.3, -0.25) is 0 Å². The molecule has 0 bridgehead atoms. The molecule has 20 heavy (non-hydrogen) atoms. The number of halogens is 4. The molecule has 0 spiro atoms. The lowest BCUT2D eigenvalue weighted by atomic mass is 10.2. The molecule has 0 unspecified atom stereocenters. The molecule has 0 fully saturated rings. The molecule has 0 heterocycles. The first kappa shape index (κ1) is 16.6. The van der Waals surface area contributed by atoms with Crippen LogP contribution in [-0.2, 0) is 4.74 Å². The molecule has 0 amide bonds. The van der Waals surface area contributed by atoms with Gasteiger partial charge in [0.1, 0.15) is 19.0 Å². The molecule has 3 N–H and O–H groups in total. The minimum absolute atomic E-state index is 0.0938. The largest absolute Gasteiger partial charge is 0.490 e. The number of hydrogen-bond acceptors (Lipinski definition) is 4. The predicted molar refractivity (Wildman–Crippen MR) is 69.0 cm³/mol. The van der Waals surface area contributed by atoms with Gasteiger partial charge in [-0.05, 0) is 18.2 Å². The molecule has 9 heteroatoms. The highest BCUT2D eigenvalue weighted by atomic mass is 79.9. The van der Waals surface area contributed by atoms with Crippen LogP contribution in [0, 0.1) is 0 Å². The van der Waals surface area contributed by atoms with Crippen LogP contribution in [0.5, 0.6) is 5.75 Å². The maximum atomic E-state index is 11.8. The van der Waals surface area contributed by atoms with E-state index in [1.807, 2.05) is 0 Å². The number of rotatable bonds is 6. The van der Waals surface area contributed by atoms with E-state index in [0.29, 0.717) is 10.0 Å². The molecule has 1 aromatic rings. The summed E-state index contributed by atoms with van der Waals surface area (Å²) >= 11 is 3.21. The number of nitrogens with zero attached hydrogens (tertiary/aromatic N) is 1. The van der Waals surface area contributed by atoms with Crippen LogP contribution in [0.15, 0.2) is 27.8 Å². The van der Waals surface area contributed by atoms with Crippen LogP contribution >= 0.6 is 15.9 Å². The fraction of sp³-hybridized carbons (Fsp3) is 0.364. The van der Waals surface area contributed by atoms with E-state index >= 15 is 0 Å². The molecule has 1 aromatic carbocycles. The average molecular weight is 357 g/mol. The minimum Gasteiger partial charge on any atom is -0.490 e. The van der Waals surface area contributed by atoms with Crippen molar-refractivity contribution < 1.29 is 27.9 Å². The topological polar surface area (TPSA) is 77.1 Å². The Labute approximate surface area is 121 Å². The van der Waals surface area contributed by atoms with E-state index in [4.69, 9.17) is 15.7 Å². The quantitative estimate of drug-likeness (QED) is 0.270. The highest BCUT2D eigenvalue weighted by Gasteiger charge is 2.27. The molecule has 0 aliphatic rings. The molecule has 112 valence electrons. The Morgan fingerprint density at radius 1 is 1.35 bits per heavy atom. The van der Waals surface area contributed by atoms with E-state index in [9.17, 15) is 13.2 Å². The summed E-state index contributed by atoms with van der Waals surface area (Å²) in [5, 5.41) is 11.5. The Bertz CT molecular complexity index is 480. The summed E-state index contributed by atoms with van der Waals surface area (Å²) < 4.78 is 45.8. The number of oxime groups is 1. The van der Waals surface area contributed by atoms with Crippen LogP contribution in [-0.4, -0.2) is 37.0 Å². The summed E-state index contributed by atoms with van der Waals surface area (Å²) in [4.78, 5) is 0. The third kappa shape index (κ3) is 5.66. The van der Waals surface area contributed by atoms with Gasteiger partial charge in [0, 0.05) is 4.47 Å². The first-order valence-corrected chi connectivity index (χ1v) is 6.17. The van der Waals surface area contributed by atoms with Crippen molar-refractivity contribution in [2.75, 3.05) is 19.8 Å². The second-order valence-corrected chi connectivity index (χ2v) is 4.56. The fourth-order valence-electron chi connectivity index (χ4n) is 1.28. The van der Waals surface area contributed by atoms with Crippen molar-refractivity contribution in [1.82, 2.24) is 0 Å². The Kier molecular flexibility index (Phi) is 6.08. The van der Waals surface area contributed by atoms with Crippen LogP contribution in [0.1, 0.15) is 5.56 Å². The van der Waals surface area contributed by atoms with Gasteiger partial charge in [-0.15, -0.1) is 0 Å². The van der Waals surface area contributed by atoms with Crippen molar-refractivity contribution in [3.8, 4) is 5.75 Å². The molecule has 0 aromatic heterocycles. The predicted octanol–water partition coefficient (Wildman–Crippen LogP) is 2.50. The summed E-state index contributed by atoms with van der Waals surface area (Å²) in [6, 6.07) is 4.75. The summed E-state index contributed by atoms with van der Waals surface area (Å²) in [6.07, 6.45) is -4.36. The highest BCUT2D eigenvalue weighted by molar-refractivity contribution is 9.10. The average Bonchev–Trinajstić information content (AvgIpc) is 2.37. The van der Waals surface area contributed by atoms with Crippen LogP contribution in [0.4, 0.5) is 13.2 Å². The van der Waals surface area contributed by atoms with Crippen molar-refractivity contribution in [3.63, 3.8) is 0 Å². The SMILES string of the molecule is N/C(=N/O)c1cc(Br)ccc1OCCOCC(F)(F)F. The summed E-state index contributed by atoms with van der Waals surface area (Å²) in [6.45, 7) is -1.65. The molecule has 0 aliphatic heterocycles. The van der Waals surface area contributed by atoms with Crippen molar-refractivity contribution in [1.29, 1.82) is 0 Å². The van der Waals surface area contributed by atoms with Gasteiger partial charge >= 0.3 is 6.18 Å². The zero-order valence-corrected chi connectivity index (χ0v) is 11.7. The van der Waals surface area contributed by atoms with E-state index in [0.717, 1.165) is 0 Å². The number of ether oxygens (including phenoxy) is 2. The zero-order chi connectivity index (χ0) is 15.2. The number of nitrogens with two attached hydrogens (primary N) is 1. The van der Waals surface area contributed by atoms with Crippen LogP contribution in [0.2, 0.25) is 0 Å². The Morgan fingerprint density at radius 3 is 2.65 bits per heavy atom. The molecule has 0 saturated carbocycles. The number of alkyl halides is 3. The molecule has 0 aliphatic carbocycles. The van der Waals surface area contributed by atoms with Gasteiger partial charge in [-0.2, -0.15) is 13.2 Å². The zero-order valence-electron chi connectivity index (χ0n) is 10.2. The van der Waals surface area contributed by atoms with Crippen molar-refractivity contribution in [3.05, 3.63) is 28.2 Å². The first-order chi connectivity index (χ1) is 9.33. The normalized spacial score (nSPS) is 12.5. The molecule has 0 saturated heterocycles. The monoisotopic (exact) mass is 356 g/mol. The standard InChI is InChI=1S/C11H12BrF3N2O3/c12-7-1-2-9(8(5-7)10(16)17-18)20-4-3-19-6-11(13,14)15/h1-2,5,18H,3-4,6H2,(H2,16,17). The molecule has 0 atom stereocenters. The van der Waals surface area contributed by atoms with Gasteiger partial charge in [-0.25, -0.2) is 0 Å². The molecular weight excluding hydrogens is 345 g/mol. The van der Waals surface area contributed by atoms with Crippen molar-refractivity contribution in [2.45, 2.75) is 6.18 Å². The summed E-state index contributed by atoms with van der Waals surface area (Å²) in [5.74, 6) is 0.108. The van der Waals surface area contributed by atoms with Gasteiger partial charge in [0.05, 0.1) is 12.2 Å². The van der Waals surface area contributed by atoms with Gasteiger partial charge in [0.25, 0.3) is 0 Å². The number of hydrogen-bond donors (Lipinski definition) is 2. The maximum absolute atomic E-state index is 11.8.